The number of nitrogens with zero attached hydrogens (tertiary/aromatic N) is 3. The first kappa shape index (κ1) is 19.1. The number of hydrogen-bond donors (Lipinski definition) is 2. The molecule has 1 aliphatic heterocycles. The summed E-state index contributed by atoms with van der Waals surface area (Å²) in [7, 11) is 0. The predicted molar refractivity (Wildman–Crippen MR) is 109 cm³/mol. The molecular formula is C20H18FN5O2S. The van der Waals surface area contributed by atoms with Crippen LogP contribution in [0.2, 0.25) is 0 Å². The Morgan fingerprint density at radius 2 is 2.00 bits per heavy atom. The third-order valence-electron chi connectivity index (χ3n) is 4.55. The molecule has 2 aromatic carbocycles. The van der Waals surface area contributed by atoms with Crippen LogP contribution in [-0.4, -0.2) is 38.8 Å². The number of fused-ring (bicyclic) bond motifs is 1. The minimum Gasteiger partial charge on any atom is -0.324 e. The molecule has 0 aliphatic carbocycles. The number of para-hydroxylation sites is 2. The summed E-state index contributed by atoms with van der Waals surface area (Å²) in [4.78, 5) is 30.9. The van der Waals surface area contributed by atoms with Gasteiger partial charge in [-0.1, -0.05) is 36.0 Å². The van der Waals surface area contributed by atoms with E-state index in [1.165, 1.54) is 6.07 Å². The lowest BCUT2D eigenvalue weighted by Gasteiger charge is -2.27. The maximum Gasteiger partial charge on any atom is 0.237 e. The second-order valence-electron chi connectivity index (χ2n) is 6.62. The van der Waals surface area contributed by atoms with Gasteiger partial charge < -0.3 is 10.2 Å². The van der Waals surface area contributed by atoms with Gasteiger partial charge in [0, 0.05) is 12.5 Å². The molecule has 0 fully saturated rings. The van der Waals surface area contributed by atoms with Crippen molar-refractivity contribution in [1.82, 2.24) is 15.2 Å². The number of nitrogens with one attached hydrogen (secondary N) is 2. The molecule has 3 aromatic rings. The fraction of sp³-hybridized carbons (Fsp3) is 0.200. The molecule has 2 heterocycles. The summed E-state index contributed by atoms with van der Waals surface area (Å²) in [5.41, 5.74) is 1.59. The Hall–Kier alpha value is -3.20. The first-order chi connectivity index (χ1) is 14.0. The van der Waals surface area contributed by atoms with Crippen LogP contribution in [0.1, 0.15) is 13.3 Å². The quantitative estimate of drug-likeness (QED) is 0.642. The van der Waals surface area contributed by atoms with Crippen LogP contribution in [0.4, 0.5) is 15.8 Å². The molecule has 0 saturated carbocycles. The number of carbonyl (C=O) groups is 2. The number of aromatic amines is 1. The molecule has 1 aromatic heterocycles. The molecule has 0 spiro atoms. The van der Waals surface area contributed by atoms with Crippen LogP contribution < -0.4 is 10.2 Å². The number of thioether (sulfide) groups is 1. The average Bonchev–Trinajstić information content (AvgIpc) is 3.12. The average molecular weight is 411 g/mol. The van der Waals surface area contributed by atoms with Crippen molar-refractivity contribution in [2.24, 2.45) is 0 Å². The lowest BCUT2D eigenvalue weighted by molar-refractivity contribution is -0.117. The summed E-state index contributed by atoms with van der Waals surface area (Å²) in [6.07, 6.45) is 0.211. The number of amides is 2. The van der Waals surface area contributed by atoms with Gasteiger partial charge in [0.25, 0.3) is 0 Å². The van der Waals surface area contributed by atoms with Crippen LogP contribution in [0.25, 0.3) is 11.4 Å². The second kappa shape index (κ2) is 8.04. The normalized spacial score (nSPS) is 16.1. The van der Waals surface area contributed by atoms with Crippen molar-refractivity contribution in [2.45, 2.75) is 24.5 Å². The van der Waals surface area contributed by atoms with Gasteiger partial charge in [0.2, 0.25) is 17.0 Å². The minimum absolute atomic E-state index is 0.0848. The lowest BCUT2D eigenvalue weighted by atomic mass is 10.2. The zero-order valence-corrected chi connectivity index (χ0v) is 16.4. The van der Waals surface area contributed by atoms with Crippen molar-refractivity contribution in [3.8, 4) is 11.4 Å². The van der Waals surface area contributed by atoms with E-state index in [0.717, 1.165) is 11.8 Å². The van der Waals surface area contributed by atoms with Gasteiger partial charge in [0.1, 0.15) is 5.82 Å². The number of halogens is 1. The van der Waals surface area contributed by atoms with Crippen molar-refractivity contribution in [1.29, 1.82) is 0 Å². The molecule has 0 bridgehead atoms. The van der Waals surface area contributed by atoms with E-state index in [0.29, 0.717) is 27.9 Å². The second-order valence-corrected chi connectivity index (χ2v) is 7.56. The van der Waals surface area contributed by atoms with Gasteiger partial charge in [-0.15, -0.1) is 5.10 Å². The SMILES string of the molecule is C[C@H]1CC(=O)Nc2ccccc2N1C(=O)CSc1n[nH]c(-c2ccccc2F)n1. The van der Waals surface area contributed by atoms with Gasteiger partial charge in [0.15, 0.2) is 5.82 Å². The van der Waals surface area contributed by atoms with Gasteiger partial charge in [-0.25, -0.2) is 9.37 Å². The molecule has 7 nitrogen and oxygen atoms in total. The first-order valence-electron chi connectivity index (χ1n) is 9.04. The number of rotatable bonds is 4. The van der Waals surface area contributed by atoms with Crippen LogP contribution in [0.5, 0.6) is 0 Å². The van der Waals surface area contributed by atoms with E-state index in [1.807, 2.05) is 25.1 Å². The van der Waals surface area contributed by atoms with E-state index >= 15 is 0 Å². The number of aromatic nitrogens is 3. The van der Waals surface area contributed by atoms with Gasteiger partial charge in [-0.2, -0.15) is 0 Å². The van der Waals surface area contributed by atoms with Crippen molar-refractivity contribution >= 4 is 35.0 Å². The van der Waals surface area contributed by atoms with Gasteiger partial charge in [-0.05, 0) is 31.2 Å². The number of benzene rings is 2. The highest BCUT2D eigenvalue weighted by atomic mass is 32.2. The highest BCUT2D eigenvalue weighted by molar-refractivity contribution is 7.99. The Morgan fingerprint density at radius 1 is 1.24 bits per heavy atom. The first-order valence-corrected chi connectivity index (χ1v) is 10.0. The molecule has 1 aliphatic rings. The van der Waals surface area contributed by atoms with Gasteiger partial charge in [-0.3, -0.25) is 14.7 Å². The van der Waals surface area contributed by atoms with Gasteiger partial charge >= 0.3 is 0 Å². The molecule has 9 heteroatoms. The van der Waals surface area contributed by atoms with Crippen LogP contribution in [0.15, 0.2) is 53.7 Å². The summed E-state index contributed by atoms with van der Waals surface area (Å²) in [5.74, 6) is -0.300. The largest absolute Gasteiger partial charge is 0.324 e. The molecule has 4 rings (SSSR count). The third kappa shape index (κ3) is 4.00. The molecule has 0 saturated heterocycles. The van der Waals surface area contributed by atoms with Crippen molar-refractivity contribution in [3.05, 3.63) is 54.3 Å². The van der Waals surface area contributed by atoms with Crippen molar-refractivity contribution in [2.75, 3.05) is 16.0 Å². The Labute approximate surface area is 170 Å². The Kier molecular flexibility index (Phi) is 5.30. The monoisotopic (exact) mass is 411 g/mol. The molecule has 1 atom stereocenters. The number of H-pyrrole nitrogens is 1. The minimum atomic E-state index is -0.400. The van der Waals surface area contributed by atoms with E-state index in [2.05, 4.69) is 20.5 Å². The fourth-order valence-electron chi connectivity index (χ4n) is 3.25. The number of carbonyl (C=O) groups excluding carboxylic acids is 2. The third-order valence-corrected chi connectivity index (χ3v) is 5.38. The molecule has 29 heavy (non-hydrogen) atoms. The van der Waals surface area contributed by atoms with E-state index < -0.39 is 5.82 Å². The molecule has 0 radical (unpaired) electrons. The Morgan fingerprint density at radius 3 is 2.83 bits per heavy atom. The fourth-order valence-corrected chi connectivity index (χ4v) is 3.91. The van der Waals surface area contributed by atoms with Gasteiger partial charge in [0.05, 0.1) is 22.7 Å². The van der Waals surface area contributed by atoms with Crippen LogP contribution in [-0.2, 0) is 9.59 Å². The smallest absolute Gasteiger partial charge is 0.237 e. The Bertz CT molecular complexity index is 1070. The Balaban J connectivity index is 1.50. The highest BCUT2D eigenvalue weighted by Gasteiger charge is 2.29. The summed E-state index contributed by atoms with van der Waals surface area (Å²) < 4.78 is 13.9. The molecular weight excluding hydrogens is 393 g/mol. The van der Waals surface area contributed by atoms with E-state index in [-0.39, 0.29) is 30.0 Å². The van der Waals surface area contributed by atoms with E-state index in [4.69, 9.17) is 0 Å². The maximum absolute atomic E-state index is 13.9. The molecule has 148 valence electrons. The van der Waals surface area contributed by atoms with Crippen molar-refractivity contribution < 1.29 is 14.0 Å². The summed E-state index contributed by atoms with van der Waals surface area (Å²) in [5, 5.41) is 9.95. The number of anilines is 2. The van der Waals surface area contributed by atoms with Crippen LogP contribution >= 0.6 is 11.8 Å². The standard InChI is InChI=1S/C20H18FN5O2S/c1-12-10-17(27)22-15-8-4-5-9-16(15)26(12)18(28)11-29-20-23-19(24-25-20)13-6-2-3-7-14(13)21/h2-9,12H,10-11H2,1H3,(H,22,27)(H,23,24,25)/t12-/m0/s1. The maximum atomic E-state index is 13.9. The topological polar surface area (TPSA) is 91.0 Å². The zero-order chi connectivity index (χ0) is 20.4. The summed E-state index contributed by atoms with van der Waals surface area (Å²) >= 11 is 1.16. The molecule has 0 unspecified atom stereocenters. The van der Waals surface area contributed by atoms with E-state index in [9.17, 15) is 14.0 Å². The highest BCUT2D eigenvalue weighted by Crippen LogP contribution is 2.32. The number of hydrogen-bond acceptors (Lipinski definition) is 5. The van der Waals surface area contributed by atoms with Crippen LogP contribution in [0.3, 0.4) is 0 Å². The summed E-state index contributed by atoms with van der Waals surface area (Å²) in [6, 6.07) is 13.2. The van der Waals surface area contributed by atoms with Crippen LogP contribution in [0, 0.1) is 5.82 Å². The van der Waals surface area contributed by atoms with Crippen molar-refractivity contribution in [3.63, 3.8) is 0 Å². The lowest BCUT2D eigenvalue weighted by Crippen LogP contribution is -2.40. The zero-order valence-electron chi connectivity index (χ0n) is 15.6. The molecule has 2 amide bonds. The molecule has 2 N–H and O–H groups in total. The predicted octanol–water partition coefficient (Wildman–Crippen LogP) is 3.47. The van der Waals surface area contributed by atoms with E-state index in [1.54, 1.807) is 29.2 Å². The summed E-state index contributed by atoms with van der Waals surface area (Å²) in [6.45, 7) is 1.84.